The van der Waals surface area contributed by atoms with E-state index in [1.54, 1.807) is 6.07 Å². The molecule has 0 spiro atoms. The number of nitrogens with one attached hydrogen (secondary N) is 1. The molecule has 0 bridgehead atoms. The SMILES string of the molecule is OCC(NCc1ccc(F)c(F)c1)c1ccc(Cl)c(F)c1. The average molecular weight is 316 g/mol. The Labute approximate surface area is 125 Å². The number of benzene rings is 2. The third-order valence-corrected chi connectivity index (χ3v) is 3.37. The molecular weight excluding hydrogens is 303 g/mol. The quantitative estimate of drug-likeness (QED) is 0.884. The second-order valence-electron chi connectivity index (χ2n) is 4.54. The van der Waals surface area contributed by atoms with Gasteiger partial charge in [0.15, 0.2) is 11.6 Å². The van der Waals surface area contributed by atoms with E-state index in [9.17, 15) is 18.3 Å². The zero-order valence-corrected chi connectivity index (χ0v) is 11.7. The smallest absolute Gasteiger partial charge is 0.159 e. The van der Waals surface area contributed by atoms with E-state index in [-0.39, 0.29) is 18.2 Å². The molecule has 0 fully saturated rings. The number of rotatable bonds is 5. The van der Waals surface area contributed by atoms with Crippen molar-refractivity contribution in [3.05, 3.63) is 70.0 Å². The Balaban J connectivity index is 2.08. The molecule has 0 radical (unpaired) electrons. The van der Waals surface area contributed by atoms with E-state index in [2.05, 4.69) is 5.32 Å². The van der Waals surface area contributed by atoms with E-state index >= 15 is 0 Å². The van der Waals surface area contributed by atoms with Gasteiger partial charge in [-0.1, -0.05) is 23.7 Å². The molecule has 0 amide bonds. The molecule has 21 heavy (non-hydrogen) atoms. The molecule has 2 aromatic rings. The standard InChI is InChI=1S/C15H13ClF3NO/c16-11-3-2-10(6-13(11)18)15(8-21)20-7-9-1-4-12(17)14(19)5-9/h1-6,15,20-21H,7-8H2. The molecule has 2 rings (SSSR count). The van der Waals surface area contributed by atoms with Gasteiger partial charge in [-0.05, 0) is 35.4 Å². The summed E-state index contributed by atoms with van der Waals surface area (Å²) >= 11 is 5.60. The third kappa shape index (κ3) is 3.97. The average Bonchev–Trinajstić information content (AvgIpc) is 2.47. The van der Waals surface area contributed by atoms with E-state index in [1.165, 1.54) is 18.2 Å². The molecule has 0 aromatic heterocycles. The second-order valence-corrected chi connectivity index (χ2v) is 4.95. The number of aliphatic hydroxyl groups excluding tert-OH is 1. The minimum Gasteiger partial charge on any atom is -0.394 e. The number of halogens is 4. The van der Waals surface area contributed by atoms with Crippen molar-refractivity contribution in [2.75, 3.05) is 6.61 Å². The van der Waals surface area contributed by atoms with Crippen LogP contribution in [-0.4, -0.2) is 11.7 Å². The van der Waals surface area contributed by atoms with Crippen LogP contribution in [0.2, 0.25) is 5.02 Å². The zero-order chi connectivity index (χ0) is 15.4. The third-order valence-electron chi connectivity index (χ3n) is 3.07. The Morgan fingerprint density at radius 2 is 1.76 bits per heavy atom. The molecule has 1 unspecified atom stereocenters. The Bertz CT molecular complexity index is 636. The summed E-state index contributed by atoms with van der Waals surface area (Å²) < 4.78 is 39.3. The van der Waals surface area contributed by atoms with Gasteiger partial charge in [-0.15, -0.1) is 0 Å². The normalized spacial score (nSPS) is 12.4. The van der Waals surface area contributed by atoms with Crippen molar-refractivity contribution in [1.29, 1.82) is 0 Å². The number of hydrogen-bond donors (Lipinski definition) is 2. The predicted octanol–water partition coefficient (Wildman–Crippen LogP) is 3.58. The lowest BCUT2D eigenvalue weighted by atomic mass is 10.1. The summed E-state index contributed by atoms with van der Waals surface area (Å²) in [4.78, 5) is 0. The molecule has 112 valence electrons. The molecule has 1 atom stereocenters. The topological polar surface area (TPSA) is 32.3 Å². The van der Waals surface area contributed by atoms with Gasteiger partial charge < -0.3 is 10.4 Å². The summed E-state index contributed by atoms with van der Waals surface area (Å²) in [6, 6.07) is 7.20. The van der Waals surface area contributed by atoms with Crippen LogP contribution in [-0.2, 0) is 6.54 Å². The largest absolute Gasteiger partial charge is 0.394 e. The van der Waals surface area contributed by atoms with E-state index in [0.29, 0.717) is 11.1 Å². The first-order valence-electron chi connectivity index (χ1n) is 6.24. The summed E-state index contributed by atoms with van der Waals surface area (Å²) in [5.74, 6) is -2.44. The lowest BCUT2D eigenvalue weighted by Gasteiger charge is -2.17. The van der Waals surface area contributed by atoms with E-state index < -0.39 is 23.5 Å². The maximum atomic E-state index is 13.4. The first-order chi connectivity index (χ1) is 10.0. The van der Waals surface area contributed by atoms with Crippen molar-refractivity contribution in [2.45, 2.75) is 12.6 Å². The van der Waals surface area contributed by atoms with E-state index in [1.807, 2.05) is 0 Å². The highest BCUT2D eigenvalue weighted by atomic mass is 35.5. The van der Waals surface area contributed by atoms with Crippen molar-refractivity contribution >= 4 is 11.6 Å². The second kappa shape index (κ2) is 6.93. The Morgan fingerprint density at radius 3 is 2.38 bits per heavy atom. The van der Waals surface area contributed by atoms with Crippen LogP contribution in [0.1, 0.15) is 17.2 Å². The van der Waals surface area contributed by atoms with Crippen LogP contribution in [0.4, 0.5) is 13.2 Å². The highest BCUT2D eigenvalue weighted by molar-refractivity contribution is 6.30. The van der Waals surface area contributed by atoms with Gasteiger partial charge in [0.25, 0.3) is 0 Å². The molecule has 0 saturated heterocycles. The van der Waals surface area contributed by atoms with Gasteiger partial charge in [-0.3, -0.25) is 0 Å². The van der Waals surface area contributed by atoms with Crippen molar-refractivity contribution in [3.63, 3.8) is 0 Å². The summed E-state index contributed by atoms with van der Waals surface area (Å²) in [6.07, 6.45) is 0. The fourth-order valence-corrected chi connectivity index (χ4v) is 2.03. The van der Waals surface area contributed by atoms with E-state index in [4.69, 9.17) is 11.6 Å². The van der Waals surface area contributed by atoms with Crippen LogP contribution in [0.5, 0.6) is 0 Å². The monoisotopic (exact) mass is 315 g/mol. The Kier molecular flexibility index (Phi) is 5.22. The van der Waals surface area contributed by atoms with Gasteiger partial charge in [-0.25, -0.2) is 13.2 Å². The van der Waals surface area contributed by atoms with Crippen molar-refractivity contribution in [3.8, 4) is 0 Å². The van der Waals surface area contributed by atoms with Crippen LogP contribution >= 0.6 is 11.6 Å². The van der Waals surface area contributed by atoms with Gasteiger partial charge >= 0.3 is 0 Å². The minimum absolute atomic E-state index is 0.00366. The van der Waals surface area contributed by atoms with Crippen LogP contribution in [0.25, 0.3) is 0 Å². The zero-order valence-electron chi connectivity index (χ0n) is 10.9. The molecule has 0 saturated carbocycles. The molecule has 0 heterocycles. The van der Waals surface area contributed by atoms with Crippen LogP contribution in [0.15, 0.2) is 36.4 Å². The molecular formula is C15H13ClF3NO. The van der Waals surface area contributed by atoms with Crippen LogP contribution < -0.4 is 5.32 Å². The van der Waals surface area contributed by atoms with Crippen molar-refractivity contribution in [2.24, 2.45) is 0 Å². The lowest BCUT2D eigenvalue weighted by molar-refractivity contribution is 0.243. The fourth-order valence-electron chi connectivity index (χ4n) is 1.91. The number of hydrogen-bond acceptors (Lipinski definition) is 2. The first kappa shape index (κ1) is 15.8. The first-order valence-corrected chi connectivity index (χ1v) is 6.62. The van der Waals surface area contributed by atoms with Gasteiger partial charge in [0, 0.05) is 6.54 Å². The van der Waals surface area contributed by atoms with Crippen molar-refractivity contribution in [1.82, 2.24) is 5.32 Å². The highest BCUT2D eigenvalue weighted by Crippen LogP contribution is 2.20. The van der Waals surface area contributed by atoms with E-state index in [0.717, 1.165) is 12.1 Å². The Morgan fingerprint density at radius 1 is 1.00 bits per heavy atom. The maximum absolute atomic E-state index is 13.4. The summed E-state index contributed by atoms with van der Waals surface area (Å²) in [5.41, 5.74) is 1.03. The van der Waals surface area contributed by atoms with Crippen molar-refractivity contribution < 1.29 is 18.3 Å². The summed E-state index contributed by atoms with van der Waals surface area (Å²) in [6.45, 7) is -0.0720. The molecule has 2 nitrogen and oxygen atoms in total. The van der Waals surface area contributed by atoms with Crippen LogP contribution in [0.3, 0.4) is 0 Å². The molecule has 0 aliphatic carbocycles. The van der Waals surface area contributed by atoms with Gasteiger partial charge in [0.2, 0.25) is 0 Å². The van der Waals surface area contributed by atoms with Gasteiger partial charge in [0.1, 0.15) is 5.82 Å². The molecule has 2 aromatic carbocycles. The maximum Gasteiger partial charge on any atom is 0.159 e. The molecule has 0 aliphatic heterocycles. The predicted molar refractivity (Wildman–Crippen MR) is 74.4 cm³/mol. The lowest BCUT2D eigenvalue weighted by Crippen LogP contribution is -2.24. The van der Waals surface area contributed by atoms with Gasteiger partial charge in [0.05, 0.1) is 17.7 Å². The molecule has 6 heteroatoms. The highest BCUT2D eigenvalue weighted by Gasteiger charge is 2.12. The summed E-state index contributed by atoms with van der Waals surface area (Å²) in [5, 5.41) is 12.3. The number of aliphatic hydroxyl groups is 1. The minimum atomic E-state index is -0.938. The molecule has 0 aliphatic rings. The Hall–Kier alpha value is -1.56. The summed E-state index contributed by atoms with van der Waals surface area (Å²) in [7, 11) is 0. The van der Waals surface area contributed by atoms with Gasteiger partial charge in [-0.2, -0.15) is 0 Å². The van der Waals surface area contributed by atoms with Crippen LogP contribution in [0, 0.1) is 17.5 Å². The molecule has 2 N–H and O–H groups in total. The fraction of sp³-hybridized carbons (Fsp3) is 0.200.